The van der Waals surface area contributed by atoms with E-state index in [9.17, 15) is 14.4 Å². The summed E-state index contributed by atoms with van der Waals surface area (Å²) in [7, 11) is 4.01. The van der Waals surface area contributed by atoms with Crippen LogP contribution in [0.1, 0.15) is 246 Å². The lowest BCUT2D eigenvalue weighted by atomic mass is 9.89. The highest BCUT2D eigenvalue weighted by atomic mass is 16.6. The number of nitrogens with zero attached hydrogens (tertiary/aromatic N) is 1. The minimum atomic E-state index is -0.413. The predicted molar refractivity (Wildman–Crippen MR) is 232 cm³/mol. The van der Waals surface area contributed by atoms with Crippen LogP contribution in [0.4, 0.5) is 0 Å². The lowest BCUT2D eigenvalue weighted by Crippen LogP contribution is -2.26. The molecule has 0 N–H and O–H groups in total. The molecular weight excluding hydrogens is 687 g/mol. The summed E-state index contributed by atoms with van der Waals surface area (Å²) in [6, 6.07) is 0. The minimum absolute atomic E-state index is 0.0130. The Kier molecular flexibility index (Phi) is 39.4. The maximum atomic E-state index is 12.8. The van der Waals surface area contributed by atoms with E-state index in [2.05, 4.69) is 32.6 Å². The van der Waals surface area contributed by atoms with Crippen molar-refractivity contribution in [3.63, 3.8) is 0 Å². The fraction of sp³-hybridized carbons (Fsp3) is 0.938. The van der Waals surface area contributed by atoms with Crippen LogP contribution in [0.3, 0.4) is 0 Å². The Balaban J connectivity index is 4.95. The third-order valence-electron chi connectivity index (χ3n) is 11.1. The lowest BCUT2D eigenvalue weighted by Gasteiger charge is -2.22. The van der Waals surface area contributed by atoms with Crippen LogP contribution < -0.4 is 0 Å². The van der Waals surface area contributed by atoms with Crippen LogP contribution in [0.15, 0.2) is 0 Å². The Hall–Kier alpha value is -1.63. The summed E-state index contributed by atoms with van der Waals surface area (Å²) in [5.41, 5.74) is 0. The Morgan fingerprint density at radius 2 is 0.782 bits per heavy atom. The van der Waals surface area contributed by atoms with Crippen LogP contribution in [-0.2, 0) is 28.6 Å². The van der Waals surface area contributed by atoms with Gasteiger partial charge in [-0.05, 0) is 84.3 Å². The maximum Gasteiger partial charge on any atom is 0.306 e. The maximum absolute atomic E-state index is 12.8. The van der Waals surface area contributed by atoms with E-state index < -0.39 is 6.10 Å². The molecule has 0 radical (unpaired) electrons. The molecule has 7 nitrogen and oxygen atoms in total. The Bertz CT molecular complexity index is 847. The first kappa shape index (κ1) is 53.4. The Labute approximate surface area is 341 Å². The number of hydrogen-bond acceptors (Lipinski definition) is 7. The Morgan fingerprint density at radius 3 is 1.25 bits per heavy atom. The molecule has 0 aliphatic heterocycles. The van der Waals surface area contributed by atoms with Gasteiger partial charge in [0.15, 0.2) is 0 Å². The summed E-state index contributed by atoms with van der Waals surface area (Å²) in [5.74, 6) is -0.0104. The van der Waals surface area contributed by atoms with E-state index in [4.69, 9.17) is 14.2 Å². The largest absolute Gasteiger partial charge is 0.462 e. The second kappa shape index (κ2) is 40.6. The average molecular weight is 780 g/mol. The predicted octanol–water partition coefficient (Wildman–Crippen LogP) is 13.9. The Morgan fingerprint density at radius 1 is 0.400 bits per heavy atom. The average Bonchev–Trinajstić information content (AvgIpc) is 3.16. The number of carbonyl (C=O) groups is 3. The zero-order chi connectivity index (χ0) is 40.6. The molecule has 55 heavy (non-hydrogen) atoms. The van der Waals surface area contributed by atoms with Gasteiger partial charge in [0.05, 0.1) is 0 Å². The SMILES string of the molecule is CCCCCCCCC(CCCCCC)CCC(COC(=O)CCCCC(=O)OC(CCCCCCCC)CCCCCCCC)OC(=O)CCCN(C)C. The van der Waals surface area contributed by atoms with Crippen LogP contribution in [0.5, 0.6) is 0 Å². The van der Waals surface area contributed by atoms with Crippen LogP contribution in [0, 0.1) is 5.92 Å². The van der Waals surface area contributed by atoms with E-state index in [1.807, 2.05) is 14.1 Å². The zero-order valence-electron chi connectivity index (χ0n) is 37.6. The molecule has 7 heteroatoms. The zero-order valence-corrected chi connectivity index (χ0v) is 37.6. The first-order chi connectivity index (χ1) is 26.7. The molecule has 326 valence electrons. The fourth-order valence-electron chi connectivity index (χ4n) is 7.50. The monoisotopic (exact) mass is 780 g/mol. The molecule has 0 saturated heterocycles. The van der Waals surface area contributed by atoms with Crippen molar-refractivity contribution >= 4 is 17.9 Å². The summed E-state index contributed by atoms with van der Waals surface area (Å²) in [6.45, 7) is 9.95. The molecular formula is C48H93NO6. The van der Waals surface area contributed by atoms with Gasteiger partial charge in [-0.3, -0.25) is 14.4 Å². The van der Waals surface area contributed by atoms with Crippen molar-refractivity contribution < 1.29 is 28.6 Å². The standard InChI is InChI=1S/C48H93NO6/c1-7-11-15-19-22-26-33-43(32-25-18-14-10-4)39-40-45(55-48(52)38-31-41-49(5)6)42-53-46(50)36-29-30-37-47(51)54-44(34-27-23-20-16-12-8-2)35-28-24-21-17-13-9-3/h43-45H,7-42H2,1-6H3. The molecule has 2 atom stereocenters. The van der Waals surface area contributed by atoms with Crippen molar-refractivity contribution in [2.75, 3.05) is 27.2 Å². The highest BCUT2D eigenvalue weighted by Gasteiger charge is 2.20. The summed E-state index contributed by atoms with van der Waals surface area (Å²) in [4.78, 5) is 40.6. The van der Waals surface area contributed by atoms with Gasteiger partial charge in [-0.25, -0.2) is 0 Å². The molecule has 0 aliphatic carbocycles. The summed E-state index contributed by atoms with van der Waals surface area (Å²) < 4.78 is 17.7. The molecule has 0 heterocycles. The van der Waals surface area contributed by atoms with E-state index in [1.54, 1.807) is 0 Å². The van der Waals surface area contributed by atoms with Crippen LogP contribution in [0.25, 0.3) is 0 Å². The molecule has 0 fully saturated rings. The molecule has 0 bridgehead atoms. The van der Waals surface area contributed by atoms with Gasteiger partial charge in [0.1, 0.15) is 18.8 Å². The first-order valence-corrected chi connectivity index (χ1v) is 23.9. The summed E-state index contributed by atoms with van der Waals surface area (Å²) >= 11 is 0. The van der Waals surface area contributed by atoms with Gasteiger partial charge < -0.3 is 19.1 Å². The van der Waals surface area contributed by atoms with Gasteiger partial charge in [-0.15, -0.1) is 0 Å². The number of carbonyl (C=O) groups excluding carboxylic acids is 3. The molecule has 0 amide bonds. The van der Waals surface area contributed by atoms with Crippen molar-refractivity contribution in [2.24, 2.45) is 5.92 Å². The van der Waals surface area contributed by atoms with Gasteiger partial charge in [0.2, 0.25) is 0 Å². The third-order valence-corrected chi connectivity index (χ3v) is 11.1. The number of rotatable bonds is 42. The number of esters is 3. The van der Waals surface area contributed by atoms with E-state index in [1.165, 1.54) is 141 Å². The van der Waals surface area contributed by atoms with Crippen molar-refractivity contribution in [3.05, 3.63) is 0 Å². The van der Waals surface area contributed by atoms with Crippen LogP contribution in [0.2, 0.25) is 0 Å². The number of unbranched alkanes of at least 4 members (excludes halogenated alkanes) is 19. The van der Waals surface area contributed by atoms with Crippen molar-refractivity contribution in [3.8, 4) is 0 Å². The first-order valence-electron chi connectivity index (χ1n) is 23.9. The van der Waals surface area contributed by atoms with Gasteiger partial charge in [-0.1, -0.05) is 169 Å². The summed E-state index contributed by atoms with van der Waals surface area (Å²) in [5, 5.41) is 0. The van der Waals surface area contributed by atoms with Gasteiger partial charge in [0, 0.05) is 19.3 Å². The second-order valence-corrected chi connectivity index (χ2v) is 17.0. The highest BCUT2D eigenvalue weighted by Crippen LogP contribution is 2.25. The molecule has 0 aliphatic rings. The molecule has 0 aromatic heterocycles. The normalized spacial score (nSPS) is 12.7. The van der Waals surface area contributed by atoms with Crippen molar-refractivity contribution in [1.82, 2.24) is 4.90 Å². The van der Waals surface area contributed by atoms with Crippen LogP contribution >= 0.6 is 0 Å². The van der Waals surface area contributed by atoms with E-state index >= 15 is 0 Å². The summed E-state index contributed by atoms with van der Waals surface area (Å²) in [6.07, 6.45) is 36.3. The van der Waals surface area contributed by atoms with Crippen molar-refractivity contribution in [1.29, 1.82) is 0 Å². The van der Waals surface area contributed by atoms with Crippen molar-refractivity contribution in [2.45, 2.75) is 258 Å². The number of ether oxygens (including phenoxy) is 3. The van der Waals surface area contributed by atoms with E-state index in [0.717, 1.165) is 51.5 Å². The lowest BCUT2D eigenvalue weighted by molar-refractivity contribution is -0.160. The topological polar surface area (TPSA) is 82.1 Å². The molecule has 0 aromatic carbocycles. The second-order valence-electron chi connectivity index (χ2n) is 17.0. The highest BCUT2D eigenvalue weighted by molar-refractivity contribution is 5.71. The van der Waals surface area contributed by atoms with Crippen LogP contribution in [-0.4, -0.2) is 62.3 Å². The molecule has 0 rings (SSSR count). The minimum Gasteiger partial charge on any atom is -0.462 e. The van der Waals surface area contributed by atoms with Gasteiger partial charge >= 0.3 is 17.9 Å². The third kappa shape index (κ3) is 37.7. The van der Waals surface area contributed by atoms with Gasteiger partial charge in [0.25, 0.3) is 0 Å². The molecule has 0 spiro atoms. The smallest absolute Gasteiger partial charge is 0.306 e. The van der Waals surface area contributed by atoms with E-state index in [0.29, 0.717) is 31.6 Å². The fourth-order valence-corrected chi connectivity index (χ4v) is 7.50. The molecule has 0 aromatic rings. The molecule has 2 unspecified atom stereocenters. The number of hydrogen-bond donors (Lipinski definition) is 0. The molecule has 0 saturated carbocycles. The quantitative estimate of drug-likeness (QED) is 0.0347. The van der Waals surface area contributed by atoms with E-state index in [-0.39, 0.29) is 37.0 Å². The van der Waals surface area contributed by atoms with Gasteiger partial charge in [-0.2, -0.15) is 0 Å².